The molecule has 0 saturated heterocycles. The third-order valence-electron chi connectivity index (χ3n) is 3.53. The van der Waals surface area contributed by atoms with Crippen LogP contribution in [0.5, 0.6) is 0 Å². The fourth-order valence-corrected chi connectivity index (χ4v) is 2.07. The molecule has 0 bridgehead atoms. The van der Waals surface area contributed by atoms with Crippen molar-refractivity contribution < 1.29 is 9.63 Å². The third-order valence-corrected chi connectivity index (χ3v) is 3.53. The first kappa shape index (κ1) is 9.68. The quantitative estimate of drug-likeness (QED) is 0.696. The van der Waals surface area contributed by atoms with Crippen molar-refractivity contribution in [3.8, 4) is 0 Å². The van der Waals surface area contributed by atoms with Gasteiger partial charge in [0.1, 0.15) is 5.54 Å². The lowest BCUT2D eigenvalue weighted by Gasteiger charge is -2.44. The monoisotopic (exact) mass is 196 g/mol. The topological polar surface area (TPSA) is 72.3 Å². The molecule has 1 aromatic heterocycles. The van der Waals surface area contributed by atoms with Gasteiger partial charge in [-0.3, -0.25) is 0 Å². The smallest absolute Gasteiger partial charge is 0.162 e. The first-order valence-corrected chi connectivity index (χ1v) is 4.85. The van der Waals surface area contributed by atoms with Crippen LogP contribution in [-0.2, 0) is 12.0 Å². The molecule has 1 aliphatic rings. The molecule has 14 heavy (non-hydrogen) atoms. The average Bonchev–Trinajstić information content (AvgIpc) is 2.60. The van der Waals surface area contributed by atoms with Crippen molar-refractivity contribution in [1.29, 1.82) is 0 Å². The molecule has 1 unspecified atom stereocenters. The number of nitrogens with two attached hydrogens (primary N) is 1. The number of aliphatic hydroxyl groups excluding tert-OH is 1. The zero-order chi connectivity index (χ0) is 10.4. The van der Waals surface area contributed by atoms with Crippen molar-refractivity contribution in [3.63, 3.8) is 0 Å². The summed E-state index contributed by atoms with van der Waals surface area (Å²) in [6.45, 7) is 3.99. The summed E-state index contributed by atoms with van der Waals surface area (Å²) in [5.41, 5.74) is 6.28. The van der Waals surface area contributed by atoms with Crippen LogP contribution >= 0.6 is 0 Å². The van der Waals surface area contributed by atoms with Gasteiger partial charge in [-0.25, -0.2) is 0 Å². The van der Waals surface area contributed by atoms with Gasteiger partial charge >= 0.3 is 0 Å². The van der Waals surface area contributed by atoms with Gasteiger partial charge in [0, 0.05) is 5.56 Å². The Hall–Kier alpha value is -0.870. The minimum atomic E-state index is -0.795. The molecule has 78 valence electrons. The number of aliphatic hydroxyl groups is 1. The summed E-state index contributed by atoms with van der Waals surface area (Å²) in [4.78, 5) is 0. The van der Waals surface area contributed by atoms with E-state index < -0.39 is 5.54 Å². The lowest BCUT2D eigenvalue weighted by atomic mass is 9.64. The predicted octanol–water partition coefficient (Wildman–Crippen LogP) is 0.793. The maximum Gasteiger partial charge on any atom is 0.162 e. The summed E-state index contributed by atoms with van der Waals surface area (Å²) < 4.78 is 5.16. The van der Waals surface area contributed by atoms with E-state index in [-0.39, 0.29) is 12.0 Å². The molecular weight excluding hydrogens is 180 g/mol. The number of hydrogen-bond acceptors (Lipinski definition) is 4. The minimum Gasteiger partial charge on any atom is -0.394 e. The Bertz CT molecular complexity index is 346. The number of hydrogen-bond donors (Lipinski definition) is 2. The Morgan fingerprint density at radius 1 is 1.64 bits per heavy atom. The van der Waals surface area contributed by atoms with Crippen molar-refractivity contribution in [1.82, 2.24) is 5.16 Å². The van der Waals surface area contributed by atoms with Crippen LogP contribution in [0.25, 0.3) is 0 Å². The standard InChI is InChI=1S/C10H16N2O2/c1-9(2)4-3-7-5-12-14-8(7)10(9,11)6-13/h5,13H,3-4,6,11H2,1-2H3. The summed E-state index contributed by atoms with van der Waals surface area (Å²) in [5.74, 6) is 0.649. The van der Waals surface area contributed by atoms with Crippen molar-refractivity contribution in [3.05, 3.63) is 17.5 Å². The molecule has 4 nitrogen and oxygen atoms in total. The number of nitrogens with zero attached hydrogens (tertiary/aromatic N) is 1. The van der Waals surface area contributed by atoms with Crippen LogP contribution in [0.3, 0.4) is 0 Å². The van der Waals surface area contributed by atoms with Gasteiger partial charge in [-0.15, -0.1) is 0 Å². The minimum absolute atomic E-state index is 0.109. The van der Waals surface area contributed by atoms with E-state index in [2.05, 4.69) is 19.0 Å². The zero-order valence-electron chi connectivity index (χ0n) is 8.58. The number of aromatic nitrogens is 1. The summed E-state index contributed by atoms with van der Waals surface area (Å²) in [5, 5.41) is 13.2. The van der Waals surface area contributed by atoms with Crippen LogP contribution in [-0.4, -0.2) is 16.9 Å². The van der Waals surface area contributed by atoms with Crippen molar-refractivity contribution >= 4 is 0 Å². The molecule has 0 aromatic carbocycles. The Morgan fingerprint density at radius 2 is 2.36 bits per heavy atom. The maximum atomic E-state index is 9.44. The summed E-state index contributed by atoms with van der Waals surface area (Å²) in [7, 11) is 0. The van der Waals surface area contributed by atoms with Crippen molar-refractivity contribution in [2.45, 2.75) is 32.2 Å². The van der Waals surface area contributed by atoms with Crippen LogP contribution in [0.15, 0.2) is 10.7 Å². The normalized spacial score (nSPS) is 30.0. The Morgan fingerprint density at radius 3 is 3.00 bits per heavy atom. The lowest BCUT2D eigenvalue weighted by Crippen LogP contribution is -2.55. The highest BCUT2D eigenvalue weighted by atomic mass is 16.5. The van der Waals surface area contributed by atoms with Crippen LogP contribution in [0.1, 0.15) is 31.6 Å². The molecule has 2 rings (SSSR count). The summed E-state index contributed by atoms with van der Waals surface area (Å²) in [6, 6.07) is 0. The number of fused-ring (bicyclic) bond motifs is 1. The van der Waals surface area contributed by atoms with E-state index in [1.54, 1.807) is 6.20 Å². The molecule has 1 aliphatic carbocycles. The van der Waals surface area contributed by atoms with E-state index in [4.69, 9.17) is 10.3 Å². The highest BCUT2D eigenvalue weighted by Crippen LogP contribution is 2.46. The molecule has 0 aliphatic heterocycles. The largest absolute Gasteiger partial charge is 0.394 e. The van der Waals surface area contributed by atoms with E-state index in [0.29, 0.717) is 5.76 Å². The summed E-state index contributed by atoms with van der Waals surface area (Å²) >= 11 is 0. The molecule has 1 atom stereocenters. The first-order valence-electron chi connectivity index (χ1n) is 4.85. The second-order valence-corrected chi connectivity index (χ2v) is 4.69. The fourth-order valence-electron chi connectivity index (χ4n) is 2.07. The van der Waals surface area contributed by atoms with Gasteiger partial charge in [0.05, 0.1) is 12.8 Å². The average molecular weight is 196 g/mol. The van der Waals surface area contributed by atoms with Crippen LogP contribution in [0.4, 0.5) is 0 Å². The van der Waals surface area contributed by atoms with Gasteiger partial charge in [0.2, 0.25) is 0 Å². The van der Waals surface area contributed by atoms with Gasteiger partial charge < -0.3 is 15.4 Å². The molecule has 0 amide bonds. The zero-order valence-corrected chi connectivity index (χ0v) is 8.58. The molecule has 0 fully saturated rings. The molecule has 1 heterocycles. The number of aryl methyl sites for hydroxylation is 1. The molecule has 0 spiro atoms. The molecular formula is C10H16N2O2. The highest BCUT2D eigenvalue weighted by molar-refractivity contribution is 5.28. The Labute approximate surface area is 83.1 Å². The number of rotatable bonds is 1. The first-order chi connectivity index (χ1) is 6.51. The maximum absolute atomic E-state index is 9.44. The molecule has 4 heteroatoms. The molecule has 1 aromatic rings. The second kappa shape index (κ2) is 2.81. The van der Waals surface area contributed by atoms with Gasteiger partial charge in [-0.05, 0) is 18.3 Å². The van der Waals surface area contributed by atoms with E-state index >= 15 is 0 Å². The van der Waals surface area contributed by atoms with E-state index in [0.717, 1.165) is 18.4 Å². The van der Waals surface area contributed by atoms with Gasteiger partial charge in [-0.1, -0.05) is 19.0 Å². The van der Waals surface area contributed by atoms with Crippen LogP contribution < -0.4 is 5.73 Å². The lowest BCUT2D eigenvalue weighted by molar-refractivity contribution is 0.0395. The SMILES string of the molecule is CC1(C)CCc2cnoc2C1(N)CO. The van der Waals surface area contributed by atoms with Crippen LogP contribution in [0, 0.1) is 5.41 Å². The second-order valence-electron chi connectivity index (χ2n) is 4.69. The van der Waals surface area contributed by atoms with Gasteiger partial charge in [-0.2, -0.15) is 0 Å². The van der Waals surface area contributed by atoms with Gasteiger partial charge in [0.15, 0.2) is 5.76 Å². The van der Waals surface area contributed by atoms with Crippen LogP contribution in [0.2, 0.25) is 0 Å². The summed E-state index contributed by atoms with van der Waals surface area (Å²) in [6.07, 6.45) is 3.56. The predicted molar refractivity (Wildman–Crippen MR) is 51.6 cm³/mol. The van der Waals surface area contributed by atoms with E-state index in [9.17, 15) is 5.11 Å². The van der Waals surface area contributed by atoms with E-state index in [1.165, 1.54) is 0 Å². The van der Waals surface area contributed by atoms with E-state index in [1.807, 2.05) is 0 Å². The van der Waals surface area contributed by atoms with Crippen molar-refractivity contribution in [2.24, 2.45) is 11.1 Å². The fraction of sp³-hybridized carbons (Fsp3) is 0.700. The molecule has 3 N–H and O–H groups in total. The Kier molecular flexibility index (Phi) is 1.94. The Balaban J connectivity index is 2.55. The molecule has 0 radical (unpaired) electrons. The third kappa shape index (κ3) is 1.04. The highest BCUT2D eigenvalue weighted by Gasteiger charge is 2.49. The van der Waals surface area contributed by atoms with Gasteiger partial charge in [0.25, 0.3) is 0 Å². The molecule has 0 saturated carbocycles. The van der Waals surface area contributed by atoms with Crippen molar-refractivity contribution in [2.75, 3.05) is 6.61 Å².